The van der Waals surface area contributed by atoms with Gasteiger partial charge in [0.1, 0.15) is 12.6 Å². The third kappa shape index (κ3) is 6.11. The van der Waals surface area contributed by atoms with E-state index in [0.29, 0.717) is 25.5 Å². The van der Waals surface area contributed by atoms with Gasteiger partial charge < -0.3 is 19.9 Å². The molecule has 9 nitrogen and oxygen atoms in total. The Hall–Kier alpha value is -2.37. The highest BCUT2D eigenvalue weighted by Gasteiger charge is 2.27. The number of ether oxygens (including phenoxy) is 1. The minimum Gasteiger partial charge on any atom is -0.474 e. The van der Waals surface area contributed by atoms with Gasteiger partial charge in [0, 0.05) is 45.1 Å². The maximum absolute atomic E-state index is 12.7. The summed E-state index contributed by atoms with van der Waals surface area (Å²) in [6, 6.07) is 3.93. The van der Waals surface area contributed by atoms with Crippen LogP contribution in [0.2, 0.25) is 0 Å². The van der Waals surface area contributed by atoms with Crippen LogP contribution in [0.15, 0.2) is 35.7 Å². The van der Waals surface area contributed by atoms with Crippen molar-refractivity contribution >= 4 is 41.5 Å². The van der Waals surface area contributed by atoms with Crippen molar-refractivity contribution in [1.82, 2.24) is 25.0 Å². The van der Waals surface area contributed by atoms with Gasteiger partial charge in [0.25, 0.3) is 0 Å². The molecule has 0 spiro atoms. The first-order valence-corrected chi connectivity index (χ1v) is 11.1. The van der Waals surface area contributed by atoms with Crippen molar-refractivity contribution < 1.29 is 9.53 Å². The predicted octanol–water partition coefficient (Wildman–Crippen LogP) is 2.57. The summed E-state index contributed by atoms with van der Waals surface area (Å²) in [6.07, 6.45) is 10.3. The van der Waals surface area contributed by atoms with Gasteiger partial charge in [-0.3, -0.25) is 9.48 Å². The summed E-state index contributed by atoms with van der Waals surface area (Å²) < 4.78 is 7.72. The number of rotatable bonds is 6. The van der Waals surface area contributed by atoms with E-state index < -0.39 is 0 Å². The Morgan fingerprint density at radius 3 is 2.81 bits per heavy atom. The van der Waals surface area contributed by atoms with E-state index in [4.69, 9.17) is 9.73 Å². The zero-order chi connectivity index (χ0) is 21.6. The number of nitrogens with zero attached hydrogens (tertiary/aromatic N) is 6. The second-order valence-electron chi connectivity index (χ2n) is 8.04. The Kier molecular flexibility index (Phi) is 8.71. The molecule has 2 fully saturated rings. The first kappa shape index (κ1) is 24.3. The lowest BCUT2D eigenvalue weighted by molar-refractivity contribution is -0.120. The van der Waals surface area contributed by atoms with Gasteiger partial charge in [0.2, 0.25) is 11.8 Å². The molecule has 10 heteroatoms. The number of aliphatic imine (C=N–C) groups is 1. The normalized spacial score (nSPS) is 17.4. The minimum atomic E-state index is 0. The molecular weight excluding hydrogens is 521 g/mol. The van der Waals surface area contributed by atoms with Crippen LogP contribution in [0.3, 0.4) is 0 Å². The molecule has 1 saturated heterocycles. The van der Waals surface area contributed by atoms with Crippen LogP contribution in [-0.4, -0.2) is 63.8 Å². The first-order chi connectivity index (χ1) is 15.1. The molecule has 1 saturated carbocycles. The number of guanidine groups is 1. The molecule has 0 radical (unpaired) electrons. The molecule has 2 aromatic rings. The molecule has 3 heterocycles. The fourth-order valence-electron chi connectivity index (χ4n) is 4.06. The number of aryl methyl sites for hydroxylation is 1. The lowest BCUT2D eigenvalue weighted by Gasteiger charge is -2.35. The van der Waals surface area contributed by atoms with Crippen LogP contribution >= 0.6 is 24.0 Å². The van der Waals surface area contributed by atoms with E-state index in [0.717, 1.165) is 36.6 Å². The standard InChI is InChI=1S/C22H31N7O2.HI/c1-3-23-22(28-10-11-29(21(30)16-28)18-14-26-27(2)15-18)25-13-17-8-9-24-20(12-17)31-19-6-4-5-7-19;/h8-9,12,14-15,19H,3-7,10-11,13,16H2,1-2H3,(H,23,25);1H. The van der Waals surface area contributed by atoms with Crippen molar-refractivity contribution in [3.05, 3.63) is 36.3 Å². The molecule has 32 heavy (non-hydrogen) atoms. The number of piperazine rings is 1. The lowest BCUT2D eigenvalue weighted by atomic mass is 10.2. The van der Waals surface area contributed by atoms with Crippen LogP contribution in [-0.2, 0) is 18.4 Å². The van der Waals surface area contributed by atoms with Gasteiger partial charge in [0.15, 0.2) is 5.96 Å². The largest absolute Gasteiger partial charge is 0.474 e. The highest BCUT2D eigenvalue weighted by atomic mass is 127. The molecule has 1 aliphatic carbocycles. The number of hydrogen-bond donors (Lipinski definition) is 1. The van der Waals surface area contributed by atoms with E-state index >= 15 is 0 Å². The van der Waals surface area contributed by atoms with Crippen molar-refractivity contribution in [2.24, 2.45) is 12.0 Å². The number of amides is 1. The average molecular weight is 553 g/mol. The number of hydrogen-bond acceptors (Lipinski definition) is 5. The Labute approximate surface area is 206 Å². The summed E-state index contributed by atoms with van der Waals surface area (Å²) >= 11 is 0. The quantitative estimate of drug-likeness (QED) is 0.336. The second kappa shape index (κ2) is 11.5. The van der Waals surface area contributed by atoms with Crippen LogP contribution in [0.1, 0.15) is 38.2 Å². The lowest BCUT2D eigenvalue weighted by Crippen LogP contribution is -2.55. The summed E-state index contributed by atoms with van der Waals surface area (Å²) in [5, 5.41) is 7.49. The number of anilines is 1. The molecule has 4 rings (SSSR count). The molecule has 0 atom stereocenters. The third-order valence-corrected chi connectivity index (χ3v) is 5.66. The van der Waals surface area contributed by atoms with Crippen LogP contribution in [0.25, 0.3) is 0 Å². The Morgan fingerprint density at radius 1 is 1.31 bits per heavy atom. The van der Waals surface area contributed by atoms with E-state index in [2.05, 4.69) is 15.4 Å². The molecular formula is C22H32IN7O2. The SMILES string of the molecule is CCNC(=NCc1ccnc(OC2CCCC2)c1)N1CCN(c2cnn(C)c2)C(=O)C1.I. The maximum Gasteiger partial charge on any atom is 0.246 e. The van der Waals surface area contributed by atoms with Crippen LogP contribution in [0, 0.1) is 0 Å². The molecule has 1 N–H and O–H groups in total. The Morgan fingerprint density at radius 2 is 2.12 bits per heavy atom. The summed E-state index contributed by atoms with van der Waals surface area (Å²) in [7, 11) is 1.85. The minimum absolute atomic E-state index is 0. The maximum atomic E-state index is 12.7. The van der Waals surface area contributed by atoms with Crippen LogP contribution in [0.5, 0.6) is 5.88 Å². The number of nitrogens with one attached hydrogen (secondary N) is 1. The molecule has 0 aromatic carbocycles. The summed E-state index contributed by atoms with van der Waals surface area (Å²) in [6.45, 7) is 4.86. The van der Waals surface area contributed by atoms with E-state index in [1.807, 2.05) is 37.2 Å². The van der Waals surface area contributed by atoms with Crippen molar-refractivity contribution in [1.29, 1.82) is 0 Å². The van der Waals surface area contributed by atoms with Crippen LogP contribution < -0.4 is 15.0 Å². The number of carbonyl (C=O) groups is 1. The Balaban J connectivity index is 0.00000289. The predicted molar refractivity (Wildman–Crippen MR) is 134 cm³/mol. The highest BCUT2D eigenvalue weighted by molar-refractivity contribution is 14.0. The molecule has 174 valence electrons. The van der Waals surface area contributed by atoms with Gasteiger partial charge in [-0.15, -0.1) is 24.0 Å². The van der Waals surface area contributed by atoms with Gasteiger partial charge in [-0.25, -0.2) is 9.98 Å². The van der Waals surface area contributed by atoms with E-state index in [1.165, 1.54) is 12.8 Å². The Bertz CT molecular complexity index is 927. The van der Waals surface area contributed by atoms with Gasteiger partial charge >= 0.3 is 0 Å². The molecule has 0 unspecified atom stereocenters. The molecule has 2 aromatic heterocycles. The fourth-order valence-corrected chi connectivity index (χ4v) is 4.06. The van der Waals surface area contributed by atoms with Crippen molar-refractivity contribution in [2.75, 3.05) is 31.1 Å². The number of halogens is 1. The van der Waals surface area contributed by atoms with Crippen molar-refractivity contribution in [3.8, 4) is 5.88 Å². The highest BCUT2D eigenvalue weighted by Crippen LogP contribution is 2.23. The molecule has 2 aliphatic rings. The van der Waals surface area contributed by atoms with Crippen molar-refractivity contribution in [2.45, 2.75) is 45.3 Å². The van der Waals surface area contributed by atoms with E-state index in [1.54, 1.807) is 22.0 Å². The van der Waals surface area contributed by atoms with Crippen molar-refractivity contribution in [3.63, 3.8) is 0 Å². The first-order valence-electron chi connectivity index (χ1n) is 11.1. The fraction of sp³-hybridized carbons (Fsp3) is 0.545. The van der Waals surface area contributed by atoms with Gasteiger partial charge in [-0.1, -0.05) is 0 Å². The number of pyridine rings is 1. The number of aromatic nitrogens is 3. The zero-order valence-corrected chi connectivity index (χ0v) is 21.1. The van der Waals surface area contributed by atoms with Crippen LogP contribution in [0.4, 0.5) is 5.69 Å². The zero-order valence-electron chi connectivity index (χ0n) is 18.7. The summed E-state index contributed by atoms with van der Waals surface area (Å²) in [5.41, 5.74) is 1.87. The smallest absolute Gasteiger partial charge is 0.246 e. The molecule has 1 amide bonds. The third-order valence-electron chi connectivity index (χ3n) is 5.66. The summed E-state index contributed by atoms with van der Waals surface area (Å²) in [4.78, 5) is 25.7. The molecule has 0 bridgehead atoms. The van der Waals surface area contributed by atoms with Gasteiger partial charge in [-0.05, 0) is 44.2 Å². The summed E-state index contributed by atoms with van der Waals surface area (Å²) in [5.74, 6) is 1.46. The second-order valence-corrected chi connectivity index (χ2v) is 8.04. The number of carbonyl (C=O) groups excluding carboxylic acids is 1. The van der Waals surface area contributed by atoms with E-state index in [-0.39, 0.29) is 42.5 Å². The average Bonchev–Trinajstić information content (AvgIpc) is 3.43. The monoisotopic (exact) mass is 553 g/mol. The van der Waals surface area contributed by atoms with Gasteiger partial charge in [0.05, 0.1) is 18.4 Å². The van der Waals surface area contributed by atoms with E-state index in [9.17, 15) is 4.79 Å². The molecule has 1 aliphatic heterocycles. The van der Waals surface area contributed by atoms with Gasteiger partial charge in [-0.2, -0.15) is 5.10 Å². The topological polar surface area (TPSA) is 87.9 Å².